The number of alkyl halides is 1. The van der Waals surface area contributed by atoms with Gasteiger partial charge in [0.25, 0.3) is 0 Å². The van der Waals surface area contributed by atoms with Crippen LogP contribution in [0.1, 0.15) is 78.6 Å². The molecule has 1 heterocycles. The van der Waals surface area contributed by atoms with E-state index < -0.39 is 23.0 Å². The minimum Gasteiger partial charge on any atom is -0.431 e. The molecule has 1 saturated heterocycles. The quantitative estimate of drug-likeness (QED) is 0.0535. The van der Waals surface area contributed by atoms with Gasteiger partial charge in [-0.05, 0) is 32.1 Å². The van der Waals surface area contributed by atoms with Crippen LogP contribution in [-0.4, -0.2) is 122 Å². The molecule has 1 aliphatic heterocycles. The molecular weight excluding hydrogens is 640 g/mol. The summed E-state index contributed by atoms with van der Waals surface area (Å²) in [5.41, 5.74) is 0. The molecule has 5 atom stereocenters. The first-order valence-corrected chi connectivity index (χ1v) is 17.5. The van der Waals surface area contributed by atoms with E-state index in [-0.39, 0.29) is 79.6 Å². The molecule has 0 radical (unpaired) electrons. The number of esters is 1. The molecule has 264 valence electrons. The number of carbonyl (C=O) groups excluding carboxylic acids is 6. The molecule has 0 saturated carbocycles. The molecule has 3 unspecified atom stereocenters. The van der Waals surface area contributed by atoms with E-state index >= 15 is 0 Å². The zero-order valence-corrected chi connectivity index (χ0v) is 29.9. The second kappa shape index (κ2) is 21.5. The topological polar surface area (TPSA) is 161 Å². The second-order valence-electron chi connectivity index (χ2n) is 11.4. The van der Waals surface area contributed by atoms with Gasteiger partial charge in [0.2, 0.25) is 35.3 Å². The van der Waals surface area contributed by atoms with Crippen molar-refractivity contribution in [3.63, 3.8) is 0 Å². The lowest BCUT2D eigenvalue weighted by Crippen LogP contribution is -2.49. The Balaban J connectivity index is 2.71. The third kappa shape index (κ3) is 13.4. The van der Waals surface area contributed by atoms with Gasteiger partial charge in [0.1, 0.15) is 6.04 Å². The molecule has 1 rings (SSSR count). The van der Waals surface area contributed by atoms with Gasteiger partial charge in [-0.25, -0.2) is 4.79 Å². The van der Waals surface area contributed by atoms with Gasteiger partial charge in [-0.15, -0.1) is 23.4 Å². The van der Waals surface area contributed by atoms with Crippen molar-refractivity contribution in [2.75, 3.05) is 53.0 Å². The summed E-state index contributed by atoms with van der Waals surface area (Å²) in [5, 5.41) is 4.53. The summed E-state index contributed by atoms with van der Waals surface area (Å²) < 4.78 is 17.4. The lowest BCUT2D eigenvalue weighted by atomic mass is 10.0. The maximum atomic E-state index is 13.3. The zero-order chi connectivity index (χ0) is 34.9. The first kappa shape index (κ1) is 41.6. The van der Waals surface area contributed by atoms with Crippen molar-refractivity contribution in [2.45, 2.75) is 102 Å². The van der Waals surface area contributed by atoms with Crippen LogP contribution in [0.5, 0.6) is 0 Å². The fourth-order valence-corrected chi connectivity index (χ4v) is 6.24. The number of rotatable bonds is 23. The van der Waals surface area contributed by atoms with Gasteiger partial charge in [-0.3, -0.25) is 28.9 Å². The molecule has 0 aromatic carbocycles. The fraction of sp³-hybridized carbons (Fsp3) is 0.806. The van der Waals surface area contributed by atoms with Crippen molar-refractivity contribution in [3.8, 4) is 0 Å². The highest BCUT2D eigenvalue weighted by molar-refractivity contribution is 8.00. The summed E-state index contributed by atoms with van der Waals surface area (Å²) in [7, 11) is 6.09. The molecule has 15 heteroatoms. The van der Waals surface area contributed by atoms with Crippen molar-refractivity contribution in [2.24, 2.45) is 5.92 Å². The van der Waals surface area contributed by atoms with E-state index in [9.17, 15) is 28.8 Å². The number of unbranched alkanes of at least 4 members (excludes halogenated alkanes) is 2. The van der Waals surface area contributed by atoms with Crippen LogP contribution < -0.4 is 10.6 Å². The molecule has 1 aliphatic rings. The minimum atomic E-state index is -1.58. The van der Waals surface area contributed by atoms with Crippen LogP contribution in [-0.2, 0) is 43.0 Å². The van der Waals surface area contributed by atoms with E-state index in [0.717, 1.165) is 6.42 Å². The van der Waals surface area contributed by atoms with Gasteiger partial charge < -0.3 is 29.7 Å². The fourth-order valence-electron chi connectivity index (χ4n) is 4.79. The number of likely N-dealkylation sites (tertiary alicyclic amines) is 1. The van der Waals surface area contributed by atoms with Crippen LogP contribution in [0.4, 0.5) is 0 Å². The Morgan fingerprint density at radius 3 is 2.35 bits per heavy atom. The molecule has 0 aromatic heterocycles. The predicted octanol–water partition coefficient (Wildman–Crippen LogP) is 2.47. The number of carbonyl (C=O) groups is 6. The summed E-state index contributed by atoms with van der Waals surface area (Å²) >= 11 is 7.13. The lowest BCUT2D eigenvalue weighted by Gasteiger charge is -2.36. The van der Waals surface area contributed by atoms with Crippen LogP contribution in [0.2, 0.25) is 0 Å². The number of methoxy groups -OCH3 is 1. The molecule has 5 amide bonds. The molecule has 1 fully saturated rings. The Bertz CT molecular complexity index is 1040. The zero-order valence-electron chi connectivity index (χ0n) is 28.4. The Kier molecular flexibility index (Phi) is 19.4. The van der Waals surface area contributed by atoms with Crippen molar-refractivity contribution in [3.05, 3.63) is 0 Å². The van der Waals surface area contributed by atoms with Crippen molar-refractivity contribution < 1.29 is 43.0 Å². The number of thioether (sulfide) groups is 1. The van der Waals surface area contributed by atoms with E-state index in [1.165, 1.54) is 42.6 Å². The molecule has 13 nitrogen and oxygen atoms in total. The van der Waals surface area contributed by atoms with Crippen molar-refractivity contribution in [1.82, 2.24) is 20.4 Å². The monoisotopic (exact) mass is 692 g/mol. The largest absolute Gasteiger partial charge is 0.431 e. The number of imide groups is 1. The Morgan fingerprint density at radius 1 is 1.09 bits per heavy atom. The molecule has 2 N–H and O–H groups in total. The number of nitrogens with one attached hydrogen (secondary N) is 2. The third-order valence-corrected chi connectivity index (χ3v) is 9.69. The van der Waals surface area contributed by atoms with Gasteiger partial charge in [-0.2, -0.15) is 0 Å². The average molecular weight is 693 g/mol. The summed E-state index contributed by atoms with van der Waals surface area (Å²) in [6.07, 6.45) is 2.82. The van der Waals surface area contributed by atoms with Crippen LogP contribution in [0.15, 0.2) is 0 Å². The first-order chi connectivity index (χ1) is 21.8. The number of amides is 5. The van der Waals surface area contributed by atoms with E-state index in [1.807, 2.05) is 6.92 Å². The van der Waals surface area contributed by atoms with Crippen LogP contribution in [0, 0.1) is 5.92 Å². The molecule has 0 bridgehead atoms. The summed E-state index contributed by atoms with van der Waals surface area (Å²) in [5.74, 6) is -2.80. The van der Waals surface area contributed by atoms with Gasteiger partial charge in [0, 0.05) is 72.1 Å². The Morgan fingerprint density at radius 2 is 1.76 bits per heavy atom. The number of hydrogen-bond acceptors (Lipinski definition) is 10. The SMILES string of the molecule is CC[C@](CC(=O)NC)(OCC(OC)C(C)CCCl)OC(=O)[C@H](C)N(C)C(=O)CCSC1CC(=O)N(CCCCCC(=O)NC)C1=O. The van der Waals surface area contributed by atoms with Crippen LogP contribution in [0.3, 0.4) is 0 Å². The van der Waals surface area contributed by atoms with Crippen LogP contribution in [0.25, 0.3) is 0 Å². The number of nitrogens with zero attached hydrogens (tertiary/aromatic N) is 2. The molecule has 0 spiro atoms. The van der Waals surface area contributed by atoms with E-state index in [1.54, 1.807) is 21.1 Å². The van der Waals surface area contributed by atoms with Crippen LogP contribution >= 0.6 is 23.4 Å². The highest BCUT2D eigenvalue weighted by atomic mass is 35.5. The Hall–Kier alpha value is -2.42. The second-order valence-corrected chi connectivity index (χ2v) is 13.1. The highest BCUT2D eigenvalue weighted by Crippen LogP contribution is 2.28. The summed E-state index contributed by atoms with van der Waals surface area (Å²) in [6, 6.07) is -0.987. The molecule has 0 aromatic rings. The lowest BCUT2D eigenvalue weighted by molar-refractivity contribution is -0.247. The standard InChI is InChI=1S/C31H53ClN4O9S/c1-8-31(19-26(38)34-5,44-20-23(43-7)21(2)13-15-32)45-30(42)22(3)35(6)27(39)14-17-46-24-18-28(40)36(29(24)41)16-11-9-10-12-25(37)33-4/h21-24H,8-20H2,1-7H3,(H,33,37)(H,34,38)/t21?,22-,23?,24?,31-/m0/s1. The number of hydrogen-bond donors (Lipinski definition) is 2. The smallest absolute Gasteiger partial charge is 0.331 e. The maximum absolute atomic E-state index is 13.3. The van der Waals surface area contributed by atoms with Gasteiger partial charge in [-0.1, -0.05) is 20.3 Å². The normalized spacial score (nSPS) is 18.0. The number of halogens is 1. The number of ether oxygens (including phenoxy) is 3. The maximum Gasteiger partial charge on any atom is 0.331 e. The predicted molar refractivity (Wildman–Crippen MR) is 176 cm³/mol. The molecule has 46 heavy (non-hydrogen) atoms. The van der Waals surface area contributed by atoms with E-state index in [4.69, 9.17) is 25.8 Å². The van der Waals surface area contributed by atoms with E-state index in [2.05, 4.69) is 10.6 Å². The minimum absolute atomic E-state index is 0.0396. The first-order valence-electron chi connectivity index (χ1n) is 15.9. The van der Waals surface area contributed by atoms with E-state index in [0.29, 0.717) is 38.1 Å². The summed E-state index contributed by atoms with van der Waals surface area (Å²) in [6.45, 7) is 5.60. The van der Waals surface area contributed by atoms with Gasteiger partial charge >= 0.3 is 5.97 Å². The molecule has 0 aliphatic carbocycles. The Labute approximate surface area is 282 Å². The molecular formula is C31H53ClN4O9S. The summed E-state index contributed by atoms with van der Waals surface area (Å²) in [4.78, 5) is 77.7. The van der Waals surface area contributed by atoms with Crippen molar-refractivity contribution in [1.29, 1.82) is 0 Å². The van der Waals surface area contributed by atoms with Gasteiger partial charge in [0.05, 0.1) is 24.4 Å². The third-order valence-electron chi connectivity index (χ3n) is 8.26. The number of likely N-dealkylation sites (N-methyl/N-ethyl adjacent to an activating group) is 1. The van der Waals surface area contributed by atoms with Crippen molar-refractivity contribution >= 4 is 58.9 Å². The average Bonchev–Trinajstić information content (AvgIpc) is 3.31. The van der Waals surface area contributed by atoms with Gasteiger partial charge in [0.15, 0.2) is 0 Å². The highest BCUT2D eigenvalue weighted by Gasteiger charge is 2.41.